The van der Waals surface area contributed by atoms with Crippen molar-refractivity contribution in [1.29, 1.82) is 0 Å². The molecule has 0 aliphatic carbocycles. The van der Waals surface area contributed by atoms with Crippen molar-refractivity contribution in [3.63, 3.8) is 0 Å². The number of hydrogen-bond donors (Lipinski definition) is 1. The highest BCUT2D eigenvalue weighted by Crippen LogP contribution is 2.40. The van der Waals surface area contributed by atoms with E-state index in [9.17, 15) is 4.79 Å². The Bertz CT molecular complexity index is 1070. The lowest BCUT2D eigenvalue weighted by atomic mass is 10.1. The average molecular weight is 455 g/mol. The molecule has 0 radical (unpaired) electrons. The maximum atomic E-state index is 12.5. The number of piperazine rings is 1. The molecule has 170 valence electrons. The maximum Gasteiger partial charge on any atom is 0.251 e. The number of nitrogens with one attached hydrogen (secondary N) is 1. The van der Waals surface area contributed by atoms with E-state index in [1.54, 1.807) is 25.6 Å². The fourth-order valence-electron chi connectivity index (χ4n) is 4.06. The van der Waals surface area contributed by atoms with E-state index >= 15 is 0 Å². The van der Waals surface area contributed by atoms with Crippen LogP contribution in [0.4, 0.5) is 5.13 Å². The highest BCUT2D eigenvalue weighted by molar-refractivity contribution is 7.22. The van der Waals surface area contributed by atoms with Gasteiger partial charge in [-0.05, 0) is 37.6 Å². The van der Waals surface area contributed by atoms with E-state index in [0.29, 0.717) is 6.54 Å². The third-order valence-corrected chi connectivity index (χ3v) is 7.01. The van der Waals surface area contributed by atoms with Crippen LogP contribution in [-0.4, -0.2) is 69.3 Å². The topological polar surface area (TPSA) is 66.9 Å². The lowest BCUT2D eigenvalue weighted by Gasteiger charge is -2.34. The summed E-state index contributed by atoms with van der Waals surface area (Å²) < 4.78 is 12.0. The maximum absolute atomic E-state index is 12.5. The first kappa shape index (κ1) is 22.4. The van der Waals surface area contributed by atoms with Crippen molar-refractivity contribution in [3.8, 4) is 11.5 Å². The number of rotatable bonds is 7. The van der Waals surface area contributed by atoms with Crippen molar-refractivity contribution >= 4 is 32.6 Å². The van der Waals surface area contributed by atoms with Crippen LogP contribution in [0.25, 0.3) is 10.2 Å². The first-order valence-electron chi connectivity index (χ1n) is 10.8. The van der Waals surface area contributed by atoms with E-state index in [-0.39, 0.29) is 5.91 Å². The lowest BCUT2D eigenvalue weighted by Crippen LogP contribution is -2.48. The second-order valence-electron chi connectivity index (χ2n) is 8.05. The van der Waals surface area contributed by atoms with Crippen LogP contribution in [0.2, 0.25) is 0 Å². The standard InChI is InChI=1S/C24H30N4O3S/c1-16-5-6-18(17(2)15-16)23(29)25-9-10-27-11-13-28(14-12-27)24-26-21-19(30-3)7-8-20(31-4)22(21)32-24/h5-8,15H,9-14H2,1-4H3,(H,25,29). The summed E-state index contributed by atoms with van der Waals surface area (Å²) in [5, 5.41) is 4.05. The molecular formula is C24H30N4O3S. The summed E-state index contributed by atoms with van der Waals surface area (Å²) in [6.45, 7) is 9.16. The van der Waals surface area contributed by atoms with Gasteiger partial charge in [0.25, 0.3) is 5.91 Å². The van der Waals surface area contributed by atoms with E-state index in [2.05, 4.69) is 15.1 Å². The molecule has 7 nitrogen and oxygen atoms in total. The van der Waals surface area contributed by atoms with Crippen molar-refractivity contribution in [2.75, 3.05) is 58.4 Å². The van der Waals surface area contributed by atoms with Gasteiger partial charge in [0.05, 0.1) is 14.2 Å². The Hall–Kier alpha value is -2.84. The minimum Gasteiger partial charge on any atom is -0.495 e. The Morgan fingerprint density at radius 3 is 2.47 bits per heavy atom. The van der Waals surface area contributed by atoms with Crippen molar-refractivity contribution < 1.29 is 14.3 Å². The second kappa shape index (κ2) is 9.75. The third kappa shape index (κ3) is 4.66. The zero-order chi connectivity index (χ0) is 22.7. The number of carbonyl (C=O) groups excluding carboxylic acids is 1. The Labute approximate surface area is 192 Å². The predicted molar refractivity (Wildman–Crippen MR) is 130 cm³/mol. The number of aromatic nitrogens is 1. The molecule has 32 heavy (non-hydrogen) atoms. The van der Waals surface area contributed by atoms with Gasteiger partial charge in [0.1, 0.15) is 21.7 Å². The summed E-state index contributed by atoms with van der Waals surface area (Å²) in [6.07, 6.45) is 0. The predicted octanol–water partition coefficient (Wildman–Crippen LogP) is 3.48. The molecule has 4 rings (SSSR count). The molecule has 0 bridgehead atoms. The van der Waals surface area contributed by atoms with E-state index in [1.807, 2.05) is 44.2 Å². The Morgan fingerprint density at radius 1 is 1.06 bits per heavy atom. The second-order valence-corrected chi connectivity index (χ2v) is 9.02. The number of anilines is 1. The van der Waals surface area contributed by atoms with Gasteiger partial charge < -0.3 is 19.7 Å². The van der Waals surface area contributed by atoms with Gasteiger partial charge in [0.2, 0.25) is 0 Å². The summed E-state index contributed by atoms with van der Waals surface area (Å²) in [5.41, 5.74) is 3.78. The van der Waals surface area contributed by atoms with E-state index in [0.717, 1.165) is 70.7 Å². The van der Waals surface area contributed by atoms with Crippen LogP contribution in [0.15, 0.2) is 30.3 Å². The van der Waals surface area contributed by atoms with E-state index in [1.165, 1.54) is 5.56 Å². The average Bonchev–Trinajstić information content (AvgIpc) is 3.24. The molecule has 8 heteroatoms. The van der Waals surface area contributed by atoms with Crippen LogP contribution < -0.4 is 19.7 Å². The molecule has 1 aliphatic heterocycles. The summed E-state index contributed by atoms with van der Waals surface area (Å²) in [5.74, 6) is 1.59. The van der Waals surface area contributed by atoms with Crippen LogP contribution in [0.5, 0.6) is 11.5 Å². The van der Waals surface area contributed by atoms with Crippen molar-refractivity contribution in [2.45, 2.75) is 13.8 Å². The smallest absolute Gasteiger partial charge is 0.251 e. The summed E-state index contributed by atoms with van der Waals surface area (Å²) >= 11 is 1.64. The molecule has 1 saturated heterocycles. The van der Waals surface area contributed by atoms with E-state index in [4.69, 9.17) is 14.5 Å². The van der Waals surface area contributed by atoms with Gasteiger partial charge >= 0.3 is 0 Å². The molecule has 2 aromatic carbocycles. The number of hydrogen-bond acceptors (Lipinski definition) is 7. The van der Waals surface area contributed by atoms with Gasteiger partial charge in [-0.3, -0.25) is 9.69 Å². The molecule has 0 saturated carbocycles. The molecule has 2 heterocycles. The van der Waals surface area contributed by atoms with Gasteiger partial charge in [0.15, 0.2) is 5.13 Å². The molecule has 0 atom stereocenters. The number of thiazole rings is 1. The summed E-state index contributed by atoms with van der Waals surface area (Å²) in [4.78, 5) is 22.0. The molecule has 0 unspecified atom stereocenters. The van der Waals surface area contributed by atoms with Gasteiger partial charge in [0, 0.05) is 44.8 Å². The monoisotopic (exact) mass is 454 g/mol. The Balaban J connectivity index is 1.31. The van der Waals surface area contributed by atoms with Crippen LogP contribution in [0.3, 0.4) is 0 Å². The molecule has 1 aromatic heterocycles. The number of benzene rings is 2. The third-order valence-electron chi connectivity index (χ3n) is 5.88. The molecule has 1 amide bonds. The first-order chi connectivity index (χ1) is 15.5. The van der Waals surface area contributed by atoms with Gasteiger partial charge in [-0.25, -0.2) is 4.98 Å². The number of aryl methyl sites for hydroxylation is 2. The van der Waals surface area contributed by atoms with Gasteiger partial charge in [-0.15, -0.1) is 0 Å². The van der Waals surface area contributed by atoms with Crippen molar-refractivity contribution in [3.05, 3.63) is 47.0 Å². The fourth-order valence-corrected chi connectivity index (χ4v) is 5.19. The number of fused-ring (bicyclic) bond motifs is 1. The first-order valence-corrected chi connectivity index (χ1v) is 11.7. The highest BCUT2D eigenvalue weighted by atomic mass is 32.1. The van der Waals surface area contributed by atoms with Crippen LogP contribution >= 0.6 is 11.3 Å². The zero-order valence-corrected chi connectivity index (χ0v) is 19.9. The molecule has 1 N–H and O–H groups in total. The normalized spacial score (nSPS) is 14.6. The number of ether oxygens (including phenoxy) is 2. The van der Waals surface area contributed by atoms with Gasteiger partial charge in [-0.1, -0.05) is 29.0 Å². The minimum absolute atomic E-state index is 0.00138. The molecule has 0 spiro atoms. The SMILES string of the molecule is COc1ccc(OC)c2sc(N3CCN(CCNC(=O)c4ccc(C)cc4C)CC3)nc12. The van der Waals surface area contributed by atoms with E-state index < -0.39 is 0 Å². The minimum atomic E-state index is -0.00138. The van der Waals surface area contributed by atoms with Crippen LogP contribution in [-0.2, 0) is 0 Å². The van der Waals surface area contributed by atoms with Crippen molar-refractivity contribution in [1.82, 2.24) is 15.2 Å². The fraction of sp³-hybridized carbons (Fsp3) is 0.417. The molecule has 1 aliphatic rings. The number of methoxy groups -OCH3 is 2. The number of nitrogens with zero attached hydrogens (tertiary/aromatic N) is 3. The Morgan fingerprint density at radius 2 is 1.78 bits per heavy atom. The number of carbonyl (C=O) groups is 1. The molecular weight excluding hydrogens is 424 g/mol. The van der Waals surface area contributed by atoms with Crippen LogP contribution in [0, 0.1) is 13.8 Å². The van der Waals surface area contributed by atoms with Crippen LogP contribution in [0.1, 0.15) is 21.5 Å². The highest BCUT2D eigenvalue weighted by Gasteiger charge is 2.22. The Kier molecular flexibility index (Phi) is 6.81. The zero-order valence-electron chi connectivity index (χ0n) is 19.1. The molecule has 3 aromatic rings. The summed E-state index contributed by atoms with van der Waals surface area (Å²) in [7, 11) is 3.34. The molecule has 1 fully saturated rings. The largest absolute Gasteiger partial charge is 0.495 e. The quantitative estimate of drug-likeness (QED) is 0.590. The van der Waals surface area contributed by atoms with Crippen molar-refractivity contribution in [2.24, 2.45) is 0 Å². The van der Waals surface area contributed by atoms with Gasteiger partial charge in [-0.2, -0.15) is 0 Å². The lowest BCUT2D eigenvalue weighted by molar-refractivity contribution is 0.0947. The summed E-state index contributed by atoms with van der Waals surface area (Å²) in [6, 6.07) is 9.75. The number of amides is 1.